The molecule has 1 unspecified atom stereocenters. The molecule has 0 aliphatic carbocycles. The fraction of sp³-hybridized carbons (Fsp3) is 0.625. The molecule has 0 radical (unpaired) electrons. The van der Waals surface area contributed by atoms with Crippen LogP contribution < -0.4 is 10.1 Å². The highest BCUT2D eigenvalue weighted by Gasteiger charge is 2.11. The molecule has 1 N–H and O–H groups in total. The molecule has 0 bridgehead atoms. The summed E-state index contributed by atoms with van der Waals surface area (Å²) in [7, 11) is 2.11. The Morgan fingerprint density at radius 3 is 2.65 bits per heavy atom. The molecular weight excluding hydrogens is 272 g/mol. The van der Waals surface area contributed by atoms with Gasteiger partial charge in [0.15, 0.2) is 0 Å². The van der Waals surface area contributed by atoms with Gasteiger partial charge in [0.1, 0.15) is 11.9 Å². The first-order chi connectivity index (χ1) is 9.26. The second kappa shape index (κ2) is 7.87. The van der Waals surface area contributed by atoms with Crippen LogP contribution in [0.5, 0.6) is 5.75 Å². The Morgan fingerprint density at radius 1 is 1.35 bits per heavy atom. The summed E-state index contributed by atoms with van der Waals surface area (Å²) in [4.78, 5) is 2.27. The normalized spacial score (nSPS) is 13.6. The van der Waals surface area contributed by atoms with Crippen molar-refractivity contribution in [2.75, 3.05) is 26.7 Å². The smallest absolute Gasteiger partial charge is 0.121 e. The number of likely N-dealkylation sites (N-methyl/N-ethyl adjacent to an activating group) is 1. The van der Waals surface area contributed by atoms with Crippen LogP contribution >= 0.6 is 11.6 Å². The van der Waals surface area contributed by atoms with Crippen molar-refractivity contribution in [2.45, 2.75) is 39.3 Å². The van der Waals surface area contributed by atoms with Crippen LogP contribution in [0.4, 0.5) is 0 Å². The van der Waals surface area contributed by atoms with Crippen molar-refractivity contribution in [3.8, 4) is 5.75 Å². The SMILES string of the molecule is CC(CN(C)CCNC(C)(C)C)Oc1cccc(Cl)c1. The summed E-state index contributed by atoms with van der Waals surface area (Å²) in [6.07, 6.45) is 0.133. The summed E-state index contributed by atoms with van der Waals surface area (Å²) in [6, 6.07) is 7.54. The van der Waals surface area contributed by atoms with Gasteiger partial charge in [0.2, 0.25) is 0 Å². The van der Waals surface area contributed by atoms with Crippen LogP contribution in [0.25, 0.3) is 0 Å². The van der Waals surface area contributed by atoms with Crippen molar-refractivity contribution in [1.29, 1.82) is 0 Å². The van der Waals surface area contributed by atoms with Gasteiger partial charge < -0.3 is 15.0 Å². The number of nitrogens with one attached hydrogen (secondary N) is 1. The van der Waals surface area contributed by atoms with E-state index in [2.05, 4.69) is 45.0 Å². The van der Waals surface area contributed by atoms with Gasteiger partial charge in [0.25, 0.3) is 0 Å². The zero-order chi connectivity index (χ0) is 15.2. The third kappa shape index (κ3) is 7.73. The van der Waals surface area contributed by atoms with Crippen LogP contribution in [0.2, 0.25) is 5.02 Å². The number of nitrogens with zero attached hydrogens (tertiary/aromatic N) is 1. The molecule has 0 saturated heterocycles. The molecule has 0 aromatic heterocycles. The van der Waals surface area contributed by atoms with Gasteiger partial charge in [-0.3, -0.25) is 0 Å². The molecule has 1 atom stereocenters. The van der Waals surface area contributed by atoms with Gasteiger partial charge in [-0.2, -0.15) is 0 Å². The van der Waals surface area contributed by atoms with Gasteiger partial charge in [-0.25, -0.2) is 0 Å². The van der Waals surface area contributed by atoms with E-state index in [0.29, 0.717) is 5.02 Å². The Kier molecular flexibility index (Phi) is 6.80. The van der Waals surface area contributed by atoms with Gasteiger partial charge >= 0.3 is 0 Å². The molecule has 0 spiro atoms. The fourth-order valence-electron chi connectivity index (χ4n) is 1.96. The van der Waals surface area contributed by atoms with Crippen molar-refractivity contribution in [3.63, 3.8) is 0 Å². The molecule has 0 saturated carbocycles. The van der Waals surface area contributed by atoms with Crippen molar-refractivity contribution in [3.05, 3.63) is 29.3 Å². The Bertz CT molecular complexity index is 404. The first-order valence-electron chi connectivity index (χ1n) is 7.12. The topological polar surface area (TPSA) is 24.5 Å². The highest BCUT2D eigenvalue weighted by molar-refractivity contribution is 6.30. The van der Waals surface area contributed by atoms with Crippen molar-refractivity contribution < 1.29 is 4.74 Å². The third-order valence-corrected chi connectivity index (χ3v) is 3.09. The zero-order valence-corrected chi connectivity index (χ0v) is 14.0. The Labute approximate surface area is 128 Å². The first kappa shape index (κ1) is 17.3. The maximum atomic E-state index is 5.95. The lowest BCUT2D eigenvalue weighted by atomic mass is 10.1. The quantitative estimate of drug-likeness (QED) is 0.835. The minimum atomic E-state index is 0.133. The average molecular weight is 299 g/mol. The summed E-state index contributed by atoms with van der Waals surface area (Å²) in [5.41, 5.74) is 0.170. The van der Waals surface area contributed by atoms with Crippen LogP contribution in [0.1, 0.15) is 27.7 Å². The highest BCUT2D eigenvalue weighted by atomic mass is 35.5. The van der Waals surface area contributed by atoms with Crippen molar-refractivity contribution in [1.82, 2.24) is 10.2 Å². The molecule has 0 fully saturated rings. The van der Waals surface area contributed by atoms with E-state index < -0.39 is 0 Å². The molecular formula is C16H27ClN2O. The number of hydrogen-bond donors (Lipinski definition) is 1. The van der Waals surface area contributed by atoms with Crippen LogP contribution in [-0.4, -0.2) is 43.2 Å². The summed E-state index contributed by atoms with van der Waals surface area (Å²) < 4.78 is 5.87. The minimum Gasteiger partial charge on any atom is -0.489 e. The van der Waals surface area contributed by atoms with Gasteiger partial charge in [0, 0.05) is 30.2 Å². The van der Waals surface area contributed by atoms with E-state index in [0.717, 1.165) is 25.4 Å². The summed E-state index contributed by atoms with van der Waals surface area (Å²) in [5, 5.41) is 4.19. The Hall–Kier alpha value is -0.770. The van der Waals surface area contributed by atoms with E-state index in [1.807, 2.05) is 24.3 Å². The number of hydrogen-bond acceptors (Lipinski definition) is 3. The van der Waals surface area contributed by atoms with E-state index in [4.69, 9.17) is 16.3 Å². The van der Waals surface area contributed by atoms with E-state index in [9.17, 15) is 0 Å². The molecule has 0 aliphatic heterocycles. The lowest BCUT2D eigenvalue weighted by Crippen LogP contribution is -2.42. The lowest BCUT2D eigenvalue weighted by molar-refractivity contribution is 0.161. The Morgan fingerprint density at radius 2 is 2.05 bits per heavy atom. The zero-order valence-electron chi connectivity index (χ0n) is 13.2. The van der Waals surface area contributed by atoms with Crippen LogP contribution in [0.15, 0.2) is 24.3 Å². The molecule has 0 amide bonds. The molecule has 3 nitrogen and oxygen atoms in total. The standard InChI is InChI=1S/C16H27ClN2O/c1-13(20-15-8-6-7-14(17)11-15)12-19(5)10-9-18-16(2,3)4/h6-8,11,13,18H,9-10,12H2,1-5H3. The lowest BCUT2D eigenvalue weighted by Gasteiger charge is -2.25. The summed E-state index contributed by atoms with van der Waals surface area (Å²) >= 11 is 5.95. The molecule has 0 heterocycles. The van der Waals surface area contributed by atoms with E-state index in [1.165, 1.54) is 0 Å². The summed E-state index contributed by atoms with van der Waals surface area (Å²) in [5.74, 6) is 0.825. The van der Waals surface area contributed by atoms with E-state index in [-0.39, 0.29) is 11.6 Å². The third-order valence-electron chi connectivity index (χ3n) is 2.85. The fourth-order valence-corrected chi connectivity index (χ4v) is 2.14. The molecule has 1 rings (SSSR count). The van der Waals surface area contributed by atoms with E-state index >= 15 is 0 Å². The van der Waals surface area contributed by atoms with Crippen LogP contribution in [-0.2, 0) is 0 Å². The largest absolute Gasteiger partial charge is 0.489 e. The van der Waals surface area contributed by atoms with Crippen molar-refractivity contribution in [2.24, 2.45) is 0 Å². The maximum absolute atomic E-state index is 5.95. The Balaban J connectivity index is 2.29. The van der Waals surface area contributed by atoms with Crippen LogP contribution in [0.3, 0.4) is 0 Å². The van der Waals surface area contributed by atoms with Gasteiger partial charge in [-0.05, 0) is 52.9 Å². The molecule has 0 aliphatic rings. The number of rotatable bonds is 7. The second-order valence-electron chi connectivity index (χ2n) is 6.32. The highest BCUT2D eigenvalue weighted by Crippen LogP contribution is 2.18. The molecule has 20 heavy (non-hydrogen) atoms. The maximum Gasteiger partial charge on any atom is 0.121 e. The monoisotopic (exact) mass is 298 g/mol. The minimum absolute atomic E-state index is 0.133. The van der Waals surface area contributed by atoms with Crippen molar-refractivity contribution >= 4 is 11.6 Å². The number of benzene rings is 1. The van der Waals surface area contributed by atoms with Crippen LogP contribution in [0, 0.1) is 0 Å². The van der Waals surface area contributed by atoms with Gasteiger partial charge in [-0.1, -0.05) is 17.7 Å². The molecule has 1 aromatic carbocycles. The van der Waals surface area contributed by atoms with Gasteiger partial charge in [0.05, 0.1) is 0 Å². The molecule has 4 heteroatoms. The second-order valence-corrected chi connectivity index (χ2v) is 6.76. The number of halogens is 1. The van der Waals surface area contributed by atoms with Gasteiger partial charge in [-0.15, -0.1) is 0 Å². The first-order valence-corrected chi connectivity index (χ1v) is 7.50. The predicted octanol–water partition coefficient (Wildman–Crippen LogP) is 3.43. The number of ether oxygens (including phenoxy) is 1. The molecule has 114 valence electrons. The average Bonchev–Trinajstić information content (AvgIpc) is 2.26. The van der Waals surface area contributed by atoms with E-state index in [1.54, 1.807) is 0 Å². The predicted molar refractivity (Wildman–Crippen MR) is 86.8 cm³/mol. The summed E-state index contributed by atoms with van der Waals surface area (Å²) in [6.45, 7) is 11.5. The molecule has 1 aromatic rings.